The highest BCUT2D eigenvalue weighted by Gasteiger charge is 2.09. The van der Waals surface area contributed by atoms with Crippen LogP contribution in [0.5, 0.6) is 0 Å². The maximum Gasteiger partial charge on any atom is 0.182 e. The number of benzene rings is 2. The zero-order valence-electron chi connectivity index (χ0n) is 10.7. The summed E-state index contributed by atoms with van der Waals surface area (Å²) in [5, 5.41) is 8.74. The molecule has 0 fully saturated rings. The molecule has 94 valence electrons. The molecule has 0 unspecified atom stereocenters. The molecule has 0 aliphatic rings. The zero-order valence-corrected chi connectivity index (χ0v) is 10.7. The number of anilines is 1. The Morgan fingerprint density at radius 3 is 2.32 bits per heavy atom. The van der Waals surface area contributed by atoms with E-state index < -0.39 is 0 Å². The molecule has 3 nitrogen and oxygen atoms in total. The van der Waals surface area contributed by atoms with Crippen molar-refractivity contribution in [1.29, 1.82) is 5.26 Å². The summed E-state index contributed by atoms with van der Waals surface area (Å²) in [7, 11) is 1.86. The van der Waals surface area contributed by atoms with Crippen molar-refractivity contribution in [2.24, 2.45) is 0 Å². The highest BCUT2D eigenvalue weighted by molar-refractivity contribution is 5.99. The van der Waals surface area contributed by atoms with Crippen molar-refractivity contribution >= 4 is 11.5 Å². The lowest BCUT2D eigenvalue weighted by atomic mass is 10.1. The number of nitriles is 1. The Morgan fingerprint density at radius 1 is 1.11 bits per heavy atom. The van der Waals surface area contributed by atoms with E-state index in [-0.39, 0.29) is 5.78 Å². The Labute approximate surface area is 112 Å². The molecular weight excluding hydrogens is 236 g/mol. The van der Waals surface area contributed by atoms with Crippen LogP contribution in [-0.4, -0.2) is 19.4 Å². The molecular formula is C16H14N2O. The van der Waals surface area contributed by atoms with Crippen molar-refractivity contribution in [3.8, 4) is 6.07 Å². The molecule has 0 saturated heterocycles. The standard InChI is InChI=1S/C16H14N2O/c1-18(15-9-7-13(11-17)8-10-15)12-16(19)14-5-3-2-4-6-14/h2-10H,12H2,1H3. The molecule has 0 aromatic heterocycles. The maximum absolute atomic E-state index is 12.1. The van der Waals surface area contributed by atoms with Crippen LogP contribution < -0.4 is 4.90 Å². The van der Waals surface area contributed by atoms with Gasteiger partial charge < -0.3 is 4.90 Å². The van der Waals surface area contributed by atoms with Crippen molar-refractivity contribution in [2.45, 2.75) is 0 Å². The smallest absolute Gasteiger partial charge is 0.182 e. The normalized spacial score (nSPS) is 9.68. The van der Waals surface area contributed by atoms with Crippen molar-refractivity contribution in [3.05, 3.63) is 65.7 Å². The van der Waals surface area contributed by atoms with E-state index in [0.29, 0.717) is 17.7 Å². The first-order chi connectivity index (χ1) is 9.20. The summed E-state index contributed by atoms with van der Waals surface area (Å²) in [4.78, 5) is 13.9. The number of ketones is 1. The Morgan fingerprint density at radius 2 is 1.74 bits per heavy atom. The number of Topliss-reactive ketones (excluding diaryl/α,β-unsaturated/α-hetero) is 1. The van der Waals surface area contributed by atoms with Gasteiger partial charge in [-0.2, -0.15) is 5.26 Å². The van der Waals surface area contributed by atoms with E-state index in [1.54, 1.807) is 12.1 Å². The second-order valence-electron chi connectivity index (χ2n) is 4.30. The van der Waals surface area contributed by atoms with Crippen LogP contribution in [-0.2, 0) is 0 Å². The van der Waals surface area contributed by atoms with Crippen molar-refractivity contribution in [2.75, 3.05) is 18.5 Å². The van der Waals surface area contributed by atoms with Gasteiger partial charge in [0.15, 0.2) is 5.78 Å². The Hall–Kier alpha value is -2.60. The first-order valence-corrected chi connectivity index (χ1v) is 6.00. The summed E-state index contributed by atoms with van der Waals surface area (Å²) in [6.45, 7) is 0.315. The maximum atomic E-state index is 12.1. The first-order valence-electron chi connectivity index (χ1n) is 6.00. The third-order valence-electron chi connectivity index (χ3n) is 2.91. The first kappa shape index (κ1) is 12.8. The van der Waals surface area contributed by atoms with Crippen molar-refractivity contribution in [1.82, 2.24) is 0 Å². The summed E-state index contributed by atoms with van der Waals surface area (Å²) in [5.74, 6) is 0.0764. The molecule has 19 heavy (non-hydrogen) atoms. The second-order valence-corrected chi connectivity index (χ2v) is 4.30. The topological polar surface area (TPSA) is 44.1 Å². The fraction of sp³-hybridized carbons (Fsp3) is 0.125. The van der Waals surface area contributed by atoms with Crippen molar-refractivity contribution in [3.63, 3.8) is 0 Å². The van der Waals surface area contributed by atoms with Crippen LogP contribution >= 0.6 is 0 Å². The molecule has 0 aliphatic carbocycles. The van der Waals surface area contributed by atoms with Gasteiger partial charge in [0.25, 0.3) is 0 Å². The molecule has 0 bridgehead atoms. The van der Waals surface area contributed by atoms with Gasteiger partial charge in [0.2, 0.25) is 0 Å². The second kappa shape index (κ2) is 5.83. The molecule has 3 heteroatoms. The minimum Gasteiger partial charge on any atom is -0.367 e. The van der Waals surface area contributed by atoms with Gasteiger partial charge >= 0.3 is 0 Å². The molecule has 2 aromatic rings. The number of carbonyl (C=O) groups is 1. The number of likely N-dealkylation sites (N-methyl/N-ethyl adjacent to an activating group) is 1. The fourth-order valence-electron chi connectivity index (χ4n) is 1.81. The van der Waals surface area contributed by atoms with E-state index >= 15 is 0 Å². The number of hydrogen-bond donors (Lipinski definition) is 0. The van der Waals surface area contributed by atoms with Gasteiger partial charge in [0.1, 0.15) is 0 Å². The van der Waals surface area contributed by atoms with Crippen LogP contribution in [0.2, 0.25) is 0 Å². The van der Waals surface area contributed by atoms with E-state index in [1.165, 1.54) is 0 Å². The third-order valence-corrected chi connectivity index (χ3v) is 2.91. The van der Waals surface area contributed by atoms with Crippen molar-refractivity contribution < 1.29 is 4.79 Å². The van der Waals surface area contributed by atoms with Gasteiger partial charge in [-0.1, -0.05) is 30.3 Å². The van der Waals surface area contributed by atoms with E-state index in [1.807, 2.05) is 54.4 Å². The average molecular weight is 250 g/mol. The average Bonchev–Trinajstić information content (AvgIpc) is 2.48. The number of carbonyl (C=O) groups excluding carboxylic acids is 1. The van der Waals surface area contributed by atoms with Crippen LogP contribution in [0, 0.1) is 11.3 Å². The molecule has 2 aromatic carbocycles. The molecule has 0 radical (unpaired) electrons. The largest absolute Gasteiger partial charge is 0.367 e. The summed E-state index contributed by atoms with van der Waals surface area (Å²) in [6.07, 6.45) is 0. The summed E-state index contributed by atoms with van der Waals surface area (Å²) < 4.78 is 0. The SMILES string of the molecule is CN(CC(=O)c1ccccc1)c1ccc(C#N)cc1. The minimum absolute atomic E-state index is 0.0764. The van der Waals surface area contributed by atoms with Crippen LogP contribution in [0.25, 0.3) is 0 Å². The van der Waals surface area contributed by atoms with Gasteiger partial charge in [-0.05, 0) is 24.3 Å². The summed E-state index contributed by atoms with van der Waals surface area (Å²) >= 11 is 0. The predicted molar refractivity (Wildman–Crippen MR) is 75.2 cm³/mol. The number of hydrogen-bond acceptors (Lipinski definition) is 3. The molecule has 2 rings (SSSR count). The van der Waals surface area contributed by atoms with Gasteiger partial charge in [-0.25, -0.2) is 0 Å². The summed E-state index contributed by atoms with van der Waals surface area (Å²) in [6, 6.07) is 18.5. The highest BCUT2D eigenvalue weighted by atomic mass is 16.1. The summed E-state index contributed by atoms with van der Waals surface area (Å²) in [5.41, 5.74) is 2.25. The number of rotatable bonds is 4. The minimum atomic E-state index is 0.0764. The monoisotopic (exact) mass is 250 g/mol. The third kappa shape index (κ3) is 3.20. The molecule has 0 aliphatic heterocycles. The van der Waals surface area contributed by atoms with E-state index in [0.717, 1.165) is 5.69 Å². The molecule has 0 saturated carbocycles. The van der Waals surface area contributed by atoms with Crippen LogP contribution in [0.1, 0.15) is 15.9 Å². The van der Waals surface area contributed by atoms with Gasteiger partial charge in [-0.15, -0.1) is 0 Å². The molecule has 0 N–H and O–H groups in total. The van der Waals surface area contributed by atoms with Crippen LogP contribution in [0.3, 0.4) is 0 Å². The fourth-order valence-corrected chi connectivity index (χ4v) is 1.81. The van der Waals surface area contributed by atoms with Gasteiger partial charge in [0.05, 0.1) is 18.2 Å². The quantitative estimate of drug-likeness (QED) is 0.784. The van der Waals surface area contributed by atoms with Gasteiger partial charge in [-0.3, -0.25) is 4.79 Å². The lowest BCUT2D eigenvalue weighted by molar-refractivity contribution is 0.100. The van der Waals surface area contributed by atoms with Crippen LogP contribution in [0.15, 0.2) is 54.6 Å². The highest BCUT2D eigenvalue weighted by Crippen LogP contribution is 2.14. The lowest BCUT2D eigenvalue weighted by Gasteiger charge is -2.18. The van der Waals surface area contributed by atoms with Gasteiger partial charge in [0, 0.05) is 18.3 Å². The Kier molecular flexibility index (Phi) is 3.94. The molecule has 0 heterocycles. The van der Waals surface area contributed by atoms with E-state index in [2.05, 4.69) is 6.07 Å². The molecule has 0 atom stereocenters. The lowest BCUT2D eigenvalue weighted by Crippen LogP contribution is -2.25. The van der Waals surface area contributed by atoms with Crippen LogP contribution in [0.4, 0.5) is 5.69 Å². The molecule has 0 amide bonds. The van der Waals surface area contributed by atoms with E-state index in [4.69, 9.17) is 5.26 Å². The number of nitrogens with zero attached hydrogens (tertiary/aromatic N) is 2. The van der Waals surface area contributed by atoms with E-state index in [9.17, 15) is 4.79 Å². The molecule has 0 spiro atoms. The zero-order chi connectivity index (χ0) is 13.7. The predicted octanol–water partition coefficient (Wildman–Crippen LogP) is 2.88. The Balaban J connectivity index is 2.06. The Bertz CT molecular complexity index is 597.